The van der Waals surface area contributed by atoms with E-state index in [1.54, 1.807) is 0 Å². The Morgan fingerprint density at radius 3 is 1.73 bits per heavy atom. The predicted molar refractivity (Wildman–Crippen MR) is 322 cm³/mol. The first kappa shape index (κ1) is 45.9. The molecule has 2 nitrogen and oxygen atoms in total. The number of aryl methyl sites for hydroxylation is 2. The third-order valence-corrected chi connectivity index (χ3v) is 18.4. The average Bonchev–Trinajstić information content (AvgIpc) is 4.27. The Labute approximate surface area is 448 Å². The van der Waals surface area contributed by atoms with Crippen molar-refractivity contribution in [1.82, 2.24) is 0 Å². The van der Waals surface area contributed by atoms with Crippen LogP contribution in [-0.4, -0.2) is 6.71 Å². The van der Waals surface area contributed by atoms with Crippen molar-refractivity contribution in [2.45, 2.75) is 85.0 Å². The molecule has 1 spiro atoms. The van der Waals surface area contributed by atoms with Crippen LogP contribution in [0.25, 0.3) is 44.5 Å². The molecule has 3 heterocycles. The lowest BCUT2D eigenvalue weighted by Gasteiger charge is -2.44. The Morgan fingerprint density at radius 2 is 1.07 bits per heavy atom. The molecule has 0 N–H and O–H groups in total. The summed E-state index contributed by atoms with van der Waals surface area (Å²) in [6, 6.07) is 75.3. The van der Waals surface area contributed by atoms with Gasteiger partial charge in [0.2, 0.25) is 0 Å². The van der Waals surface area contributed by atoms with Crippen molar-refractivity contribution in [3.8, 4) is 44.5 Å². The summed E-state index contributed by atoms with van der Waals surface area (Å²) in [5.74, 6) is 0.806. The molecule has 2 aliphatic carbocycles. The molecular formula is C71H61BN2S. The second-order valence-electron chi connectivity index (χ2n) is 23.4. The van der Waals surface area contributed by atoms with Gasteiger partial charge >= 0.3 is 0 Å². The van der Waals surface area contributed by atoms with Crippen LogP contribution in [0.1, 0.15) is 110 Å². The highest BCUT2D eigenvalue weighted by Gasteiger charge is 2.57. The number of rotatable bonds is 6. The standard InChI is InChI=1S/C71H61BN2S/c1-42(2)46-24-30-52(31-25-46)74-64-39-45(6)38-63-66(64)72(69-67(74)65-56-35-26-48(43(3)4)40-60(56)71(68(65)75-69)58-21-15-13-19-54(58)55-20-14-16-22-59(55)71)61-36-27-49(57-37-44(5)23-34-53(57)47-17-11-10-12-18-47)41-62(61)73(63)51-32-28-50(29-33-51)70(7,8)9/h10-43H,1-9H3. The summed E-state index contributed by atoms with van der Waals surface area (Å²) in [7, 11) is 0. The summed E-state index contributed by atoms with van der Waals surface area (Å²) in [5.41, 5.74) is 30.7. The quantitative estimate of drug-likeness (QED) is 0.153. The van der Waals surface area contributed by atoms with Crippen molar-refractivity contribution in [3.63, 3.8) is 0 Å². The van der Waals surface area contributed by atoms with Gasteiger partial charge in [0.05, 0.1) is 11.1 Å². The minimum absolute atomic E-state index is 0.0202. The number of hydrogen-bond donors (Lipinski definition) is 0. The van der Waals surface area contributed by atoms with E-state index in [0.717, 1.165) is 0 Å². The molecule has 9 aromatic carbocycles. The largest absolute Gasteiger partial charge is 0.311 e. The van der Waals surface area contributed by atoms with Crippen LogP contribution in [0.4, 0.5) is 34.1 Å². The molecule has 14 rings (SSSR count). The molecule has 75 heavy (non-hydrogen) atoms. The first-order chi connectivity index (χ1) is 36.3. The number of fused-ring (bicyclic) bond motifs is 15. The summed E-state index contributed by atoms with van der Waals surface area (Å²) in [6.45, 7) is 20.7. The summed E-state index contributed by atoms with van der Waals surface area (Å²) in [5, 5.41) is 0. The molecule has 4 heteroatoms. The molecule has 0 amide bonds. The van der Waals surface area contributed by atoms with Gasteiger partial charge in [-0.05, 0) is 162 Å². The van der Waals surface area contributed by atoms with Gasteiger partial charge in [-0.2, -0.15) is 0 Å². The third kappa shape index (κ3) is 6.64. The third-order valence-electron chi connectivity index (χ3n) is 17.1. The highest BCUT2D eigenvalue weighted by Crippen LogP contribution is 2.67. The van der Waals surface area contributed by atoms with Crippen LogP contribution in [0.15, 0.2) is 194 Å². The van der Waals surface area contributed by atoms with Gasteiger partial charge in [0, 0.05) is 43.7 Å². The van der Waals surface area contributed by atoms with Crippen LogP contribution in [-0.2, 0) is 10.8 Å². The molecule has 0 atom stereocenters. The first-order valence-electron chi connectivity index (χ1n) is 27.1. The highest BCUT2D eigenvalue weighted by molar-refractivity contribution is 7.30. The number of thiophene rings is 1. The topological polar surface area (TPSA) is 6.48 Å². The summed E-state index contributed by atoms with van der Waals surface area (Å²) < 4.78 is 1.41. The SMILES string of the molecule is Cc1ccc(-c2ccccc2)c(-c2ccc3c(c2)N(c2ccc(C(C)(C)C)cc2)c2cc(C)cc4c2B3c2sc3c(c2N4c2ccc(C(C)C)cc2)-c2ccc(C(C)C)cc2C32c3ccccc3-c3ccccc32)c1. The van der Waals surface area contributed by atoms with E-state index in [4.69, 9.17) is 0 Å². The van der Waals surface area contributed by atoms with Gasteiger partial charge in [0.1, 0.15) is 0 Å². The zero-order valence-electron chi connectivity index (χ0n) is 44.5. The van der Waals surface area contributed by atoms with E-state index in [2.05, 4.69) is 278 Å². The van der Waals surface area contributed by atoms with Gasteiger partial charge in [-0.25, -0.2) is 0 Å². The molecule has 0 radical (unpaired) electrons. The number of anilines is 6. The van der Waals surface area contributed by atoms with E-state index < -0.39 is 5.41 Å². The molecule has 0 saturated heterocycles. The van der Waals surface area contributed by atoms with Crippen LogP contribution in [0.5, 0.6) is 0 Å². The fourth-order valence-electron chi connectivity index (χ4n) is 13.4. The molecule has 1 aromatic heterocycles. The van der Waals surface area contributed by atoms with Crippen LogP contribution in [0.3, 0.4) is 0 Å². The van der Waals surface area contributed by atoms with Gasteiger partial charge < -0.3 is 9.80 Å². The zero-order valence-corrected chi connectivity index (χ0v) is 45.3. The lowest BCUT2D eigenvalue weighted by molar-refractivity contribution is 0.590. The Hall–Kier alpha value is -7.66. The minimum Gasteiger partial charge on any atom is -0.311 e. The fraction of sp³-hybridized carbons (Fsp3) is 0.183. The molecule has 0 saturated carbocycles. The van der Waals surface area contributed by atoms with Crippen molar-refractivity contribution < 1.29 is 0 Å². The van der Waals surface area contributed by atoms with Crippen LogP contribution >= 0.6 is 11.3 Å². The smallest absolute Gasteiger partial charge is 0.264 e. The molecule has 2 aliphatic heterocycles. The summed E-state index contributed by atoms with van der Waals surface area (Å²) >= 11 is 2.08. The van der Waals surface area contributed by atoms with E-state index in [0.29, 0.717) is 11.8 Å². The van der Waals surface area contributed by atoms with Crippen LogP contribution in [0, 0.1) is 13.8 Å². The predicted octanol–water partition coefficient (Wildman–Crippen LogP) is 17.7. The molecule has 0 bridgehead atoms. The number of benzene rings is 9. The maximum atomic E-state index is 2.68. The normalized spacial score (nSPS) is 14.2. The van der Waals surface area contributed by atoms with Gasteiger partial charge in [-0.15, -0.1) is 11.3 Å². The summed E-state index contributed by atoms with van der Waals surface area (Å²) in [4.78, 5) is 6.72. The van der Waals surface area contributed by atoms with Crippen molar-refractivity contribution in [1.29, 1.82) is 0 Å². The molecule has 0 unspecified atom stereocenters. The average molecular weight is 985 g/mol. The number of hydrogen-bond acceptors (Lipinski definition) is 3. The maximum Gasteiger partial charge on any atom is 0.264 e. The fourth-order valence-corrected chi connectivity index (χ4v) is 15.1. The van der Waals surface area contributed by atoms with Gasteiger partial charge in [0.25, 0.3) is 6.71 Å². The lowest BCUT2D eigenvalue weighted by Crippen LogP contribution is -2.60. The maximum absolute atomic E-state index is 2.68. The second-order valence-corrected chi connectivity index (χ2v) is 24.4. The number of nitrogens with zero attached hydrogens (tertiary/aromatic N) is 2. The monoisotopic (exact) mass is 984 g/mol. The zero-order chi connectivity index (χ0) is 51.2. The van der Waals surface area contributed by atoms with Gasteiger partial charge in [-0.3, -0.25) is 0 Å². The lowest BCUT2D eigenvalue weighted by atomic mass is 9.36. The Morgan fingerprint density at radius 1 is 0.467 bits per heavy atom. The van der Waals surface area contributed by atoms with Crippen LogP contribution < -0.4 is 25.5 Å². The van der Waals surface area contributed by atoms with E-state index in [1.165, 1.54) is 144 Å². The molecule has 0 fully saturated rings. The van der Waals surface area contributed by atoms with Crippen LogP contribution in [0.2, 0.25) is 0 Å². The Balaban J connectivity index is 1.11. The summed E-state index contributed by atoms with van der Waals surface area (Å²) in [6.07, 6.45) is 0. The molecule has 10 aromatic rings. The van der Waals surface area contributed by atoms with E-state index in [-0.39, 0.29) is 12.1 Å². The Kier molecular flexibility index (Phi) is 10.2. The van der Waals surface area contributed by atoms with E-state index >= 15 is 0 Å². The second kappa shape index (κ2) is 16.7. The Bertz CT molecular complexity index is 3920. The van der Waals surface area contributed by atoms with Crippen molar-refractivity contribution in [3.05, 3.63) is 244 Å². The molecule has 364 valence electrons. The molecular weight excluding hydrogens is 924 g/mol. The van der Waals surface area contributed by atoms with Crippen molar-refractivity contribution in [2.75, 3.05) is 9.80 Å². The van der Waals surface area contributed by atoms with E-state index in [1.807, 2.05) is 0 Å². The van der Waals surface area contributed by atoms with Gasteiger partial charge in [0.15, 0.2) is 0 Å². The van der Waals surface area contributed by atoms with Crippen molar-refractivity contribution in [2.24, 2.45) is 0 Å². The minimum atomic E-state index is -0.482. The van der Waals surface area contributed by atoms with Crippen molar-refractivity contribution >= 4 is 67.9 Å². The highest BCUT2D eigenvalue weighted by atomic mass is 32.1. The van der Waals surface area contributed by atoms with Gasteiger partial charge in [-0.1, -0.05) is 206 Å². The first-order valence-corrected chi connectivity index (χ1v) is 27.9. The molecule has 4 aliphatic rings. The van der Waals surface area contributed by atoms with E-state index in [9.17, 15) is 0 Å².